The molecule has 2 aromatic heterocycles. The van der Waals surface area contributed by atoms with E-state index in [1.807, 2.05) is 48.5 Å². The summed E-state index contributed by atoms with van der Waals surface area (Å²) in [6.45, 7) is 1.71. The number of aromatic nitrogens is 4. The van der Waals surface area contributed by atoms with Gasteiger partial charge in [0, 0.05) is 31.7 Å². The fraction of sp³-hybridized carbons (Fsp3) is 0.429. The normalized spacial score (nSPS) is 18.4. The van der Waals surface area contributed by atoms with Crippen LogP contribution >= 0.6 is 0 Å². The number of rotatable bonds is 3. The zero-order chi connectivity index (χ0) is 19.1. The predicted octanol–water partition coefficient (Wildman–Crippen LogP) is 2.87. The van der Waals surface area contributed by atoms with Crippen molar-refractivity contribution in [3.8, 4) is 0 Å². The highest BCUT2D eigenvalue weighted by Crippen LogP contribution is 2.35. The Kier molecular flexibility index (Phi) is 4.22. The molecule has 2 aliphatic rings. The van der Waals surface area contributed by atoms with Crippen LogP contribution in [0.25, 0.3) is 11.0 Å². The molecule has 7 nitrogen and oxygen atoms in total. The molecule has 7 heteroatoms. The second-order valence-electron chi connectivity index (χ2n) is 7.69. The van der Waals surface area contributed by atoms with Crippen molar-refractivity contribution in [1.82, 2.24) is 19.7 Å². The summed E-state index contributed by atoms with van der Waals surface area (Å²) in [6, 6.07) is 9.86. The lowest BCUT2D eigenvalue weighted by Crippen LogP contribution is -2.51. The number of para-hydroxylation sites is 1. The molecular weight excluding hydrogens is 352 g/mol. The fourth-order valence-electron chi connectivity index (χ4n) is 4.37. The molecule has 3 aromatic rings. The molecule has 0 N–H and O–H groups in total. The molecule has 1 saturated carbocycles. The molecule has 1 aliphatic carbocycles. The summed E-state index contributed by atoms with van der Waals surface area (Å²) in [5, 5.41) is 5.31. The lowest BCUT2D eigenvalue weighted by molar-refractivity contribution is -0.117. The Hall–Kier alpha value is -2.96. The van der Waals surface area contributed by atoms with Gasteiger partial charge in [-0.25, -0.2) is 9.97 Å². The Balaban J connectivity index is 1.48. The molecular formula is C21H24N6O. The van der Waals surface area contributed by atoms with Crippen LogP contribution in [0.15, 0.2) is 36.5 Å². The average molecular weight is 376 g/mol. The molecule has 1 amide bonds. The molecule has 3 heterocycles. The van der Waals surface area contributed by atoms with Gasteiger partial charge in [-0.15, -0.1) is 0 Å². The molecule has 2 fully saturated rings. The third kappa shape index (κ3) is 2.91. The van der Waals surface area contributed by atoms with Crippen molar-refractivity contribution in [1.29, 1.82) is 0 Å². The van der Waals surface area contributed by atoms with E-state index in [0.717, 1.165) is 47.7 Å². The molecule has 0 atom stereocenters. The topological polar surface area (TPSA) is 67.2 Å². The molecule has 1 aromatic carbocycles. The van der Waals surface area contributed by atoms with Gasteiger partial charge in [0.25, 0.3) is 0 Å². The van der Waals surface area contributed by atoms with Crippen molar-refractivity contribution in [3.05, 3.63) is 42.4 Å². The molecule has 0 radical (unpaired) electrons. The summed E-state index contributed by atoms with van der Waals surface area (Å²) >= 11 is 0. The zero-order valence-electron chi connectivity index (χ0n) is 16.1. The SMILES string of the molecule is Cn1ncc2c(N3CCN(c4ccccc4)C(=O)C3)nc(C3CCCC3)nc21. The van der Waals surface area contributed by atoms with Crippen LogP contribution in [0.1, 0.15) is 37.4 Å². The molecule has 0 spiro atoms. The van der Waals surface area contributed by atoms with Crippen LogP contribution in [0.2, 0.25) is 0 Å². The van der Waals surface area contributed by atoms with Gasteiger partial charge in [0.2, 0.25) is 5.91 Å². The average Bonchev–Trinajstić information content (AvgIpc) is 3.38. The van der Waals surface area contributed by atoms with Gasteiger partial charge in [0.15, 0.2) is 5.65 Å². The summed E-state index contributed by atoms with van der Waals surface area (Å²) in [4.78, 5) is 26.6. The number of carbonyl (C=O) groups is 1. The lowest BCUT2D eigenvalue weighted by atomic mass is 10.1. The highest BCUT2D eigenvalue weighted by molar-refractivity contribution is 5.99. The van der Waals surface area contributed by atoms with Crippen molar-refractivity contribution in [2.75, 3.05) is 29.4 Å². The Morgan fingerprint density at radius 2 is 1.82 bits per heavy atom. The molecule has 0 unspecified atom stereocenters. The van der Waals surface area contributed by atoms with Crippen LogP contribution in [-0.4, -0.2) is 45.3 Å². The van der Waals surface area contributed by atoms with Gasteiger partial charge in [0.1, 0.15) is 11.6 Å². The molecule has 1 aliphatic heterocycles. The van der Waals surface area contributed by atoms with Crippen LogP contribution < -0.4 is 9.80 Å². The molecule has 5 rings (SSSR count). The van der Waals surface area contributed by atoms with Gasteiger partial charge >= 0.3 is 0 Å². The maximum Gasteiger partial charge on any atom is 0.246 e. The minimum atomic E-state index is 0.0931. The number of carbonyl (C=O) groups excluding carboxylic acids is 1. The quantitative estimate of drug-likeness (QED) is 0.703. The first-order valence-corrected chi connectivity index (χ1v) is 10.0. The Morgan fingerprint density at radius 3 is 2.57 bits per heavy atom. The van der Waals surface area contributed by atoms with E-state index < -0.39 is 0 Å². The number of hydrogen-bond donors (Lipinski definition) is 0. The van der Waals surface area contributed by atoms with Crippen LogP contribution in [0.4, 0.5) is 11.5 Å². The number of anilines is 2. The number of nitrogens with zero attached hydrogens (tertiary/aromatic N) is 6. The molecule has 1 saturated heterocycles. The van der Waals surface area contributed by atoms with E-state index in [-0.39, 0.29) is 5.91 Å². The Labute approximate surface area is 164 Å². The van der Waals surface area contributed by atoms with E-state index in [2.05, 4.69) is 10.00 Å². The minimum Gasteiger partial charge on any atom is -0.345 e. The summed E-state index contributed by atoms with van der Waals surface area (Å²) in [5.74, 6) is 2.26. The number of fused-ring (bicyclic) bond motifs is 1. The second-order valence-corrected chi connectivity index (χ2v) is 7.69. The molecule has 144 valence electrons. The van der Waals surface area contributed by atoms with Crippen LogP contribution in [-0.2, 0) is 11.8 Å². The van der Waals surface area contributed by atoms with Crippen LogP contribution in [0.3, 0.4) is 0 Å². The van der Waals surface area contributed by atoms with Crippen molar-refractivity contribution < 1.29 is 4.79 Å². The van der Waals surface area contributed by atoms with Crippen LogP contribution in [0.5, 0.6) is 0 Å². The van der Waals surface area contributed by atoms with Gasteiger partial charge in [0.05, 0.1) is 18.1 Å². The summed E-state index contributed by atoms with van der Waals surface area (Å²) < 4.78 is 1.81. The number of hydrogen-bond acceptors (Lipinski definition) is 5. The Bertz CT molecular complexity index is 1010. The van der Waals surface area contributed by atoms with Crippen molar-refractivity contribution in [3.63, 3.8) is 0 Å². The summed E-state index contributed by atoms with van der Waals surface area (Å²) in [5.41, 5.74) is 1.80. The van der Waals surface area contributed by atoms with Crippen molar-refractivity contribution >= 4 is 28.4 Å². The largest absolute Gasteiger partial charge is 0.345 e. The third-order valence-corrected chi connectivity index (χ3v) is 5.90. The lowest BCUT2D eigenvalue weighted by Gasteiger charge is -2.35. The van der Waals surface area contributed by atoms with E-state index in [0.29, 0.717) is 19.0 Å². The minimum absolute atomic E-state index is 0.0931. The van der Waals surface area contributed by atoms with Gasteiger partial charge in [-0.2, -0.15) is 5.10 Å². The van der Waals surface area contributed by atoms with Gasteiger partial charge < -0.3 is 9.80 Å². The van der Waals surface area contributed by atoms with E-state index >= 15 is 0 Å². The van der Waals surface area contributed by atoms with E-state index in [1.165, 1.54) is 12.8 Å². The second kappa shape index (κ2) is 6.89. The van der Waals surface area contributed by atoms with E-state index in [4.69, 9.17) is 9.97 Å². The van der Waals surface area contributed by atoms with Gasteiger partial charge in [-0.05, 0) is 25.0 Å². The maximum absolute atomic E-state index is 12.9. The van der Waals surface area contributed by atoms with E-state index in [9.17, 15) is 4.79 Å². The number of amides is 1. The number of benzene rings is 1. The van der Waals surface area contributed by atoms with Gasteiger partial charge in [-0.3, -0.25) is 9.48 Å². The van der Waals surface area contributed by atoms with E-state index in [1.54, 1.807) is 4.68 Å². The zero-order valence-corrected chi connectivity index (χ0v) is 16.1. The summed E-state index contributed by atoms with van der Waals surface area (Å²) in [7, 11) is 1.91. The van der Waals surface area contributed by atoms with Gasteiger partial charge in [-0.1, -0.05) is 31.0 Å². The number of piperazine rings is 1. The highest BCUT2D eigenvalue weighted by atomic mass is 16.2. The first-order chi connectivity index (χ1) is 13.7. The fourth-order valence-corrected chi connectivity index (χ4v) is 4.37. The summed E-state index contributed by atoms with van der Waals surface area (Å²) in [6.07, 6.45) is 6.58. The van der Waals surface area contributed by atoms with Crippen molar-refractivity contribution in [2.24, 2.45) is 7.05 Å². The van der Waals surface area contributed by atoms with Crippen molar-refractivity contribution in [2.45, 2.75) is 31.6 Å². The first kappa shape index (κ1) is 17.2. The predicted molar refractivity (Wildman–Crippen MR) is 109 cm³/mol. The molecule has 0 bridgehead atoms. The highest BCUT2D eigenvalue weighted by Gasteiger charge is 2.29. The maximum atomic E-state index is 12.9. The van der Waals surface area contributed by atoms with Crippen LogP contribution in [0, 0.1) is 0 Å². The Morgan fingerprint density at radius 1 is 1.04 bits per heavy atom. The smallest absolute Gasteiger partial charge is 0.246 e. The monoisotopic (exact) mass is 376 g/mol. The molecule has 28 heavy (non-hydrogen) atoms. The third-order valence-electron chi connectivity index (χ3n) is 5.90. The first-order valence-electron chi connectivity index (χ1n) is 10.0. The number of aryl methyl sites for hydroxylation is 1. The standard InChI is InChI=1S/C21H24N6O/c1-25-20-17(13-22-25)21(24-19(23-20)15-7-5-6-8-15)26-11-12-27(18(28)14-26)16-9-3-2-4-10-16/h2-4,9-10,13,15H,5-8,11-12,14H2,1H3.